The third-order valence-corrected chi connectivity index (χ3v) is 4.68. The molecular formula is C14H17BrN2S. The fourth-order valence-corrected chi connectivity index (χ4v) is 3.41. The summed E-state index contributed by atoms with van der Waals surface area (Å²) in [7, 11) is 2.12. The zero-order chi connectivity index (χ0) is 13.1. The highest BCUT2D eigenvalue weighted by atomic mass is 79.9. The van der Waals surface area contributed by atoms with E-state index >= 15 is 0 Å². The maximum Gasteiger partial charge on any atom is 0.0519 e. The predicted molar refractivity (Wildman–Crippen MR) is 83.2 cm³/mol. The second-order valence-corrected chi connectivity index (χ2v) is 6.31. The van der Waals surface area contributed by atoms with Crippen LogP contribution in [0.2, 0.25) is 0 Å². The number of nitrogens with zero attached hydrogens (tertiary/aromatic N) is 1. The first-order chi connectivity index (χ1) is 8.60. The quantitative estimate of drug-likeness (QED) is 0.923. The minimum absolute atomic E-state index is 0.605. The lowest BCUT2D eigenvalue weighted by Crippen LogP contribution is -2.16. The first kappa shape index (κ1) is 13.6. The van der Waals surface area contributed by atoms with Crippen molar-refractivity contribution in [1.29, 1.82) is 0 Å². The van der Waals surface area contributed by atoms with E-state index in [-0.39, 0.29) is 0 Å². The van der Waals surface area contributed by atoms with Gasteiger partial charge in [-0.05, 0) is 52.2 Å². The molecule has 18 heavy (non-hydrogen) atoms. The fraction of sp³-hybridized carbons (Fsp3) is 0.286. The summed E-state index contributed by atoms with van der Waals surface area (Å²) in [6.45, 7) is 3.65. The summed E-state index contributed by atoms with van der Waals surface area (Å²) in [5, 5.41) is 2.12. The highest BCUT2D eigenvalue weighted by molar-refractivity contribution is 9.10. The lowest BCUT2D eigenvalue weighted by atomic mass is 10.1. The van der Waals surface area contributed by atoms with E-state index in [2.05, 4.69) is 64.4 Å². The van der Waals surface area contributed by atoms with Crippen LogP contribution in [0.3, 0.4) is 0 Å². The average molecular weight is 325 g/mol. The largest absolute Gasteiger partial charge is 0.369 e. The Bertz CT molecular complexity index is 536. The number of thiophene rings is 1. The van der Waals surface area contributed by atoms with Gasteiger partial charge in [-0.2, -0.15) is 0 Å². The summed E-state index contributed by atoms with van der Waals surface area (Å²) >= 11 is 5.26. The van der Waals surface area contributed by atoms with E-state index < -0.39 is 0 Å². The van der Waals surface area contributed by atoms with E-state index in [9.17, 15) is 0 Å². The smallest absolute Gasteiger partial charge is 0.0519 e. The van der Waals surface area contributed by atoms with Gasteiger partial charge in [-0.1, -0.05) is 6.07 Å². The van der Waals surface area contributed by atoms with E-state index in [1.54, 1.807) is 11.3 Å². The van der Waals surface area contributed by atoms with E-state index in [0.717, 1.165) is 11.0 Å². The SMILES string of the molecule is Cc1cc(N(C)Cc2cc(Br)cs2)ccc1CN. The van der Waals surface area contributed by atoms with Gasteiger partial charge in [-0.25, -0.2) is 0 Å². The van der Waals surface area contributed by atoms with Crippen LogP contribution in [0.1, 0.15) is 16.0 Å². The number of rotatable bonds is 4. The van der Waals surface area contributed by atoms with Crippen molar-refractivity contribution in [1.82, 2.24) is 0 Å². The number of hydrogen-bond acceptors (Lipinski definition) is 3. The van der Waals surface area contributed by atoms with Crippen LogP contribution in [0.5, 0.6) is 0 Å². The van der Waals surface area contributed by atoms with E-state index in [1.807, 2.05) is 0 Å². The summed E-state index contributed by atoms with van der Waals surface area (Å²) < 4.78 is 1.16. The van der Waals surface area contributed by atoms with Crippen LogP contribution < -0.4 is 10.6 Å². The molecule has 2 nitrogen and oxygen atoms in total. The molecule has 2 N–H and O–H groups in total. The minimum Gasteiger partial charge on any atom is -0.369 e. The summed E-state index contributed by atoms with van der Waals surface area (Å²) in [4.78, 5) is 3.61. The van der Waals surface area contributed by atoms with Crippen LogP contribution in [0, 0.1) is 6.92 Å². The van der Waals surface area contributed by atoms with Crippen molar-refractivity contribution >= 4 is 33.0 Å². The van der Waals surface area contributed by atoms with Gasteiger partial charge in [0.2, 0.25) is 0 Å². The van der Waals surface area contributed by atoms with Gasteiger partial charge in [0, 0.05) is 34.0 Å². The molecule has 96 valence electrons. The molecule has 1 aromatic carbocycles. The molecule has 0 aliphatic rings. The van der Waals surface area contributed by atoms with Crippen molar-refractivity contribution in [2.75, 3.05) is 11.9 Å². The number of aryl methyl sites for hydroxylation is 1. The maximum absolute atomic E-state index is 5.69. The van der Waals surface area contributed by atoms with Crippen LogP contribution >= 0.6 is 27.3 Å². The van der Waals surface area contributed by atoms with Crippen molar-refractivity contribution in [2.24, 2.45) is 5.73 Å². The Morgan fingerprint density at radius 3 is 2.67 bits per heavy atom. The Hall–Kier alpha value is -0.840. The number of hydrogen-bond donors (Lipinski definition) is 1. The Kier molecular flexibility index (Phi) is 4.43. The monoisotopic (exact) mass is 324 g/mol. The molecule has 0 atom stereocenters. The molecule has 0 spiro atoms. The summed E-state index contributed by atoms with van der Waals surface area (Å²) in [5.41, 5.74) is 9.39. The molecule has 1 aromatic heterocycles. The number of anilines is 1. The van der Waals surface area contributed by atoms with E-state index in [0.29, 0.717) is 6.54 Å². The molecule has 0 fully saturated rings. The van der Waals surface area contributed by atoms with Gasteiger partial charge in [0.1, 0.15) is 0 Å². The molecule has 0 unspecified atom stereocenters. The van der Waals surface area contributed by atoms with Crippen LogP contribution in [0.4, 0.5) is 5.69 Å². The molecule has 0 aliphatic heterocycles. The number of benzene rings is 1. The van der Waals surface area contributed by atoms with E-state index in [4.69, 9.17) is 5.73 Å². The van der Waals surface area contributed by atoms with Crippen LogP contribution in [-0.2, 0) is 13.1 Å². The third-order valence-electron chi connectivity index (χ3n) is 3.00. The molecule has 0 aliphatic carbocycles. The van der Waals surface area contributed by atoms with Crippen LogP contribution in [0.25, 0.3) is 0 Å². The highest BCUT2D eigenvalue weighted by Gasteiger charge is 2.06. The first-order valence-electron chi connectivity index (χ1n) is 5.84. The molecule has 0 amide bonds. The van der Waals surface area contributed by atoms with Gasteiger partial charge in [-0.3, -0.25) is 0 Å². The average Bonchev–Trinajstić information content (AvgIpc) is 2.74. The van der Waals surface area contributed by atoms with Crippen molar-refractivity contribution in [3.05, 3.63) is 50.1 Å². The number of halogens is 1. The van der Waals surface area contributed by atoms with Crippen molar-refractivity contribution in [3.63, 3.8) is 0 Å². The molecular weight excluding hydrogens is 308 g/mol. The van der Waals surface area contributed by atoms with Gasteiger partial charge in [0.05, 0.1) is 6.54 Å². The van der Waals surface area contributed by atoms with Crippen LogP contribution in [-0.4, -0.2) is 7.05 Å². The van der Waals surface area contributed by atoms with Gasteiger partial charge in [0.15, 0.2) is 0 Å². The van der Waals surface area contributed by atoms with Crippen LogP contribution in [0.15, 0.2) is 34.1 Å². The molecule has 4 heteroatoms. The second kappa shape index (κ2) is 5.87. The molecule has 0 saturated carbocycles. The molecule has 2 aromatic rings. The first-order valence-corrected chi connectivity index (χ1v) is 7.51. The Morgan fingerprint density at radius 1 is 1.33 bits per heavy atom. The maximum atomic E-state index is 5.69. The number of nitrogens with two attached hydrogens (primary N) is 1. The molecule has 0 bridgehead atoms. The third kappa shape index (κ3) is 3.13. The fourth-order valence-electron chi connectivity index (χ4n) is 1.91. The van der Waals surface area contributed by atoms with Gasteiger partial charge < -0.3 is 10.6 Å². The Morgan fingerprint density at radius 2 is 2.11 bits per heavy atom. The van der Waals surface area contributed by atoms with Gasteiger partial charge >= 0.3 is 0 Å². The molecule has 0 saturated heterocycles. The topological polar surface area (TPSA) is 29.3 Å². The summed E-state index contributed by atoms with van der Waals surface area (Å²) in [6, 6.07) is 8.62. The molecule has 2 rings (SSSR count). The van der Waals surface area contributed by atoms with Crippen molar-refractivity contribution in [3.8, 4) is 0 Å². The highest BCUT2D eigenvalue weighted by Crippen LogP contribution is 2.24. The van der Waals surface area contributed by atoms with E-state index in [1.165, 1.54) is 21.7 Å². The second-order valence-electron chi connectivity index (χ2n) is 4.40. The summed E-state index contributed by atoms with van der Waals surface area (Å²) in [5.74, 6) is 0. The lowest BCUT2D eigenvalue weighted by Gasteiger charge is -2.19. The Balaban J connectivity index is 2.13. The lowest BCUT2D eigenvalue weighted by molar-refractivity contribution is 0.935. The minimum atomic E-state index is 0.605. The van der Waals surface area contributed by atoms with Crippen molar-refractivity contribution in [2.45, 2.75) is 20.0 Å². The Labute approximate surface area is 121 Å². The standard InChI is InChI=1S/C14H17BrN2S/c1-10-5-13(4-3-11(10)7-16)17(2)8-14-6-12(15)9-18-14/h3-6,9H,7-8,16H2,1-2H3. The van der Waals surface area contributed by atoms with Gasteiger partial charge in [-0.15, -0.1) is 11.3 Å². The molecule has 1 heterocycles. The zero-order valence-corrected chi connectivity index (χ0v) is 13.0. The predicted octanol–water partition coefficient (Wildman–Crippen LogP) is 3.91. The zero-order valence-electron chi connectivity index (χ0n) is 10.6. The van der Waals surface area contributed by atoms with Gasteiger partial charge in [0.25, 0.3) is 0 Å². The summed E-state index contributed by atoms with van der Waals surface area (Å²) in [6.07, 6.45) is 0. The van der Waals surface area contributed by atoms with Crippen molar-refractivity contribution < 1.29 is 0 Å². The normalized spacial score (nSPS) is 10.7. The molecule has 0 radical (unpaired) electrons.